The van der Waals surface area contributed by atoms with Crippen LogP contribution in [0.15, 0.2) is 121 Å². The maximum Gasteiger partial charge on any atom is 0.338 e. The fourth-order valence-corrected chi connectivity index (χ4v) is 11.3. The fraction of sp³-hybridized carbons (Fsp3) is 0.364. The molecule has 436 valence electrons. The number of imidazole rings is 2. The van der Waals surface area contributed by atoms with E-state index in [1.807, 2.05) is 69.3 Å². The first kappa shape index (κ1) is 58.6. The first-order valence-corrected chi connectivity index (χ1v) is 29.6. The number of aryl methyl sites for hydroxylation is 4. The molecule has 8 aromatic rings. The Labute approximate surface area is 497 Å². The number of carbonyl (C=O) groups excluding carboxylic acids is 1. The molecule has 0 spiro atoms. The number of hydrogen-bond donors (Lipinski definition) is 1. The van der Waals surface area contributed by atoms with Crippen molar-refractivity contribution in [2.24, 2.45) is 0 Å². The van der Waals surface area contributed by atoms with Gasteiger partial charge in [-0.05, 0) is 179 Å². The van der Waals surface area contributed by atoms with Gasteiger partial charge in [0.2, 0.25) is 0 Å². The zero-order chi connectivity index (χ0) is 58.5. The van der Waals surface area contributed by atoms with Gasteiger partial charge >= 0.3 is 11.9 Å². The third-order valence-corrected chi connectivity index (χ3v) is 16.3. The summed E-state index contributed by atoms with van der Waals surface area (Å²) in [6, 6.07) is 32.4. The van der Waals surface area contributed by atoms with Gasteiger partial charge in [-0.3, -0.25) is 19.8 Å². The summed E-state index contributed by atoms with van der Waals surface area (Å²) in [5.41, 5.74) is 11.2. The van der Waals surface area contributed by atoms with Crippen molar-refractivity contribution in [1.29, 1.82) is 0 Å². The molecule has 84 heavy (non-hydrogen) atoms. The van der Waals surface area contributed by atoms with E-state index in [0.717, 1.165) is 122 Å². The highest BCUT2D eigenvalue weighted by Crippen LogP contribution is 2.30. The molecule has 0 amide bonds. The largest absolute Gasteiger partial charge is 0.478 e. The number of hydrogen-bond acceptors (Lipinski definition) is 11. The van der Waals surface area contributed by atoms with E-state index in [1.165, 1.54) is 23.3 Å². The fourth-order valence-electron chi connectivity index (χ4n) is 11.0. The van der Waals surface area contributed by atoms with E-state index in [2.05, 4.69) is 31.1 Å². The summed E-state index contributed by atoms with van der Waals surface area (Å²) in [7, 11) is 0. The lowest BCUT2D eigenvalue weighted by Crippen LogP contribution is -2.33. The Kier molecular flexibility index (Phi) is 18.1. The van der Waals surface area contributed by atoms with Crippen molar-refractivity contribution in [1.82, 2.24) is 38.9 Å². The third-order valence-electron chi connectivity index (χ3n) is 15.8. The second kappa shape index (κ2) is 26.0. The van der Waals surface area contributed by atoms with Crippen LogP contribution in [0.5, 0.6) is 0 Å². The summed E-state index contributed by atoms with van der Waals surface area (Å²) in [6.45, 7) is 13.2. The number of pyridine rings is 2. The van der Waals surface area contributed by atoms with Crippen LogP contribution in [0.1, 0.15) is 113 Å². The monoisotopic (exact) mass is 1180 g/mol. The highest BCUT2D eigenvalue weighted by molar-refractivity contribution is 6.30. The second-order valence-electron chi connectivity index (χ2n) is 23.0. The van der Waals surface area contributed by atoms with E-state index in [4.69, 9.17) is 57.3 Å². The number of ether oxygens (including phenoxy) is 3. The third kappa shape index (κ3) is 14.5. The standard InChI is InChI=1S/C35H38ClFN4O3.C31H30ClFN4O3/c1-35(2,3)44-34(42)25-9-12-31-32(19-25)41(21-28-15-18-43-28)33(39-31)22-40-16-13-24(14-17-40)30-6-4-5-27(38-30)11-8-23-7-10-26(36)20-29(23)37;32-23-7-4-20(26(33)17-23)5-8-24-2-1-3-27(34-24)21-10-13-36(14-11-21)19-30-35-28-9-6-22(31(38)39)16-29(28)37(30)18-25-12-15-40-25/h4-7,9-10,12-13,19-20,28H,8,11,14-18,21-22H2,1-3H3;1-4,6-7,9-10,16-17,25H,5,8,11-15,18-19H2,(H,38,39)/t28-;25-/m00/s1. The number of esters is 1. The van der Waals surface area contributed by atoms with Crippen molar-refractivity contribution in [3.63, 3.8) is 0 Å². The van der Waals surface area contributed by atoms with Gasteiger partial charge in [0.25, 0.3) is 0 Å². The van der Waals surface area contributed by atoms with Crippen molar-refractivity contribution in [3.8, 4) is 0 Å². The van der Waals surface area contributed by atoms with Gasteiger partial charge in [-0.2, -0.15) is 0 Å². The van der Waals surface area contributed by atoms with Gasteiger partial charge in [0.1, 0.15) is 28.9 Å². The summed E-state index contributed by atoms with van der Waals surface area (Å²) in [5.74, 6) is 0.0372. The predicted molar refractivity (Wildman–Crippen MR) is 322 cm³/mol. The summed E-state index contributed by atoms with van der Waals surface area (Å²) < 4.78 is 49.8. The van der Waals surface area contributed by atoms with Gasteiger partial charge in [0, 0.05) is 60.8 Å². The zero-order valence-corrected chi connectivity index (χ0v) is 49.0. The molecule has 12 rings (SSSR count). The zero-order valence-electron chi connectivity index (χ0n) is 47.5. The highest BCUT2D eigenvalue weighted by Gasteiger charge is 2.27. The number of benzene rings is 4. The van der Waals surface area contributed by atoms with Gasteiger partial charge in [0.05, 0.1) is 83.0 Å². The first-order valence-electron chi connectivity index (χ1n) is 28.9. The van der Waals surface area contributed by atoms with E-state index in [-0.39, 0.29) is 35.4 Å². The molecule has 4 aliphatic rings. The number of aromatic nitrogens is 6. The van der Waals surface area contributed by atoms with Crippen LogP contribution in [0.2, 0.25) is 10.0 Å². The number of rotatable bonds is 18. The van der Waals surface area contributed by atoms with Gasteiger partial charge in [-0.25, -0.2) is 28.3 Å². The first-order chi connectivity index (χ1) is 40.5. The number of carbonyl (C=O) groups is 2. The Morgan fingerprint density at radius 2 is 1.08 bits per heavy atom. The molecule has 0 bridgehead atoms. The van der Waals surface area contributed by atoms with Crippen molar-refractivity contribution < 1.29 is 37.7 Å². The maximum absolute atomic E-state index is 14.2. The molecular weight excluding hydrogens is 1110 g/mol. The molecule has 8 heterocycles. The van der Waals surface area contributed by atoms with Gasteiger partial charge in [0.15, 0.2) is 0 Å². The molecule has 0 saturated carbocycles. The normalized spacial score (nSPS) is 17.5. The molecule has 4 aromatic heterocycles. The van der Waals surface area contributed by atoms with Crippen molar-refractivity contribution in [3.05, 3.63) is 200 Å². The van der Waals surface area contributed by atoms with Gasteiger partial charge < -0.3 is 28.5 Å². The number of carboxylic acid groups (broad SMARTS) is 1. The minimum Gasteiger partial charge on any atom is -0.478 e. The molecule has 0 radical (unpaired) electrons. The summed E-state index contributed by atoms with van der Waals surface area (Å²) in [5, 5.41) is 10.3. The molecule has 2 saturated heterocycles. The van der Waals surface area contributed by atoms with Crippen molar-refractivity contribution in [2.45, 2.75) is 116 Å². The molecule has 2 fully saturated rings. The topological polar surface area (TPSA) is 150 Å². The minimum atomic E-state index is -0.945. The summed E-state index contributed by atoms with van der Waals surface area (Å²) >= 11 is 11.8. The minimum absolute atomic E-state index is 0.132. The van der Waals surface area contributed by atoms with Crippen LogP contribution in [-0.2, 0) is 66.1 Å². The number of halogens is 4. The van der Waals surface area contributed by atoms with Crippen molar-refractivity contribution in [2.75, 3.05) is 39.4 Å². The quantitative estimate of drug-likeness (QED) is 0.0815. The lowest BCUT2D eigenvalue weighted by molar-refractivity contribution is -0.0593. The molecule has 14 nitrogen and oxygen atoms in total. The number of nitrogens with zero attached hydrogens (tertiary/aromatic N) is 8. The Morgan fingerprint density at radius 3 is 1.49 bits per heavy atom. The summed E-state index contributed by atoms with van der Waals surface area (Å²) in [4.78, 5) is 48.7. The van der Waals surface area contributed by atoms with E-state index in [1.54, 1.807) is 48.5 Å². The van der Waals surface area contributed by atoms with E-state index in [0.29, 0.717) is 78.6 Å². The van der Waals surface area contributed by atoms with E-state index >= 15 is 0 Å². The molecule has 18 heteroatoms. The molecular formula is C66H68Cl2F2N8O6. The second-order valence-corrected chi connectivity index (χ2v) is 23.9. The van der Waals surface area contributed by atoms with E-state index in [9.17, 15) is 23.5 Å². The number of fused-ring (bicyclic) bond motifs is 2. The summed E-state index contributed by atoms with van der Waals surface area (Å²) in [6.07, 6.45) is 10.9. The van der Waals surface area contributed by atoms with Gasteiger partial charge in [-0.15, -0.1) is 0 Å². The molecule has 0 unspecified atom stereocenters. The Morgan fingerprint density at radius 1 is 0.619 bits per heavy atom. The highest BCUT2D eigenvalue weighted by atomic mass is 35.5. The van der Waals surface area contributed by atoms with Crippen LogP contribution in [0, 0.1) is 11.6 Å². The smallest absolute Gasteiger partial charge is 0.338 e. The van der Waals surface area contributed by atoms with Crippen LogP contribution < -0.4 is 0 Å². The lowest BCUT2D eigenvalue weighted by Gasteiger charge is -2.29. The van der Waals surface area contributed by atoms with Crippen molar-refractivity contribution >= 4 is 68.4 Å². The average molecular weight is 1180 g/mol. The van der Waals surface area contributed by atoms with Crippen LogP contribution in [0.3, 0.4) is 0 Å². The number of aromatic carboxylic acids is 1. The molecule has 4 aliphatic heterocycles. The van der Waals surface area contributed by atoms with Crippen LogP contribution >= 0.6 is 23.2 Å². The SMILES string of the molecule is CC(C)(C)OC(=O)c1ccc2nc(CN3CC=C(c4cccc(CCc5ccc(Cl)cc5F)n4)CC3)n(C[C@@H]3CCO3)c2c1.O=C(O)c1ccc2nc(CN3CC=C(c4cccc(CCc5ccc(Cl)cc5F)n4)CC3)n(C[C@@H]3CCO3)c2c1. The van der Waals surface area contributed by atoms with E-state index < -0.39 is 11.6 Å². The number of carboxylic acids is 1. The molecule has 2 atom stereocenters. The Hall–Kier alpha value is -7.18. The van der Waals surface area contributed by atoms with Gasteiger partial charge in [-0.1, -0.05) is 59.6 Å². The molecule has 1 N–H and O–H groups in total. The van der Waals surface area contributed by atoms with Crippen LogP contribution in [0.25, 0.3) is 33.2 Å². The van der Waals surface area contributed by atoms with Crippen LogP contribution in [0.4, 0.5) is 8.78 Å². The molecule has 0 aliphatic carbocycles. The Balaban J connectivity index is 0.000000176. The lowest BCUT2D eigenvalue weighted by atomic mass is 10.0. The maximum atomic E-state index is 14.2. The average Bonchev–Trinajstić information content (AvgIpc) is 2.26. The predicted octanol–water partition coefficient (Wildman–Crippen LogP) is 12.8. The Bertz CT molecular complexity index is 3790. The van der Waals surface area contributed by atoms with Crippen LogP contribution in [-0.4, -0.2) is 113 Å². The molecule has 4 aromatic carbocycles.